The van der Waals surface area contributed by atoms with E-state index in [0.717, 1.165) is 11.8 Å². The van der Waals surface area contributed by atoms with E-state index < -0.39 is 0 Å². The predicted molar refractivity (Wildman–Crippen MR) is 82.6 cm³/mol. The Bertz CT molecular complexity index is 103. The Morgan fingerprint density at radius 3 is 1.06 bits per heavy atom. The Hall–Kier alpha value is 0.519. The van der Waals surface area contributed by atoms with Gasteiger partial charge >= 0.3 is 0 Å². The van der Waals surface area contributed by atoms with E-state index in [9.17, 15) is 0 Å². The maximum Gasteiger partial charge on any atom is 0 e. The van der Waals surface area contributed by atoms with Crippen LogP contribution in [0.3, 0.4) is 0 Å². The van der Waals surface area contributed by atoms with Gasteiger partial charge in [0, 0.05) is 17.1 Å². The second kappa shape index (κ2) is 19.8. The molecule has 0 nitrogen and oxygen atoms in total. The van der Waals surface area contributed by atoms with Crippen molar-refractivity contribution in [2.45, 2.75) is 99.3 Å². The summed E-state index contributed by atoms with van der Waals surface area (Å²) in [7, 11) is 0. The van der Waals surface area contributed by atoms with Crippen molar-refractivity contribution in [2.75, 3.05) is 0 Å². The van der Waals surface area contributed by atoms with Crippen LogP contribution in [0.4, 0.5) is 0 Å². The largest absolute Gasteiger partial charge is 0.0683 e. The fourth-order valence-electron chi connectivity index (χ4n) is 2.51. The Kier molecular flexibility index (Phi) is 26.0. The van der Waals surface area contributed by atoms with Gasteiger partial charge in [-0.1, -0.05) is 99.3 Å². The molecule has 2 rings (SSSR count). The second-order valence-electron chi connectivity index (χ2n) is 5.06. The van der Waals surface area contributed by atoms with Crippen molar-refractivity contribution in [3.63, 3.8) is 0 Å². The molecule has 0 aromatic rings. The molecule has 0 saturated heterocycles. The van der Waals surface area contributed by atoms with E-state index in [1.807, 2.05) is 27.7 Å². The Labute approximate surface area is 128 Å². The summed E-state index contributed by atoms with van der Waals surface area (Å²) in [5.41, 5.74) is 0. The molecule has 0 unspecified atom stereocenters. The van der Waals surface area contributed by atoms with Gasteiger partial charge in [-0.3, -0.25) is 0 Å². The van der Waals surface area contributed by atoms with E-state index >= 15 is 0 Å². The average molecular weight is 298 g/mol. The van der Waals surface area contributed by atoms with Crippen LogP contribution < -0.4 is 0 Å². The smallest absolute Gasteiger partial charge is 0 e. The van der Waals surface area contributed by atoms with Crippen molar-refractivity contribution in [3.8, 4) is 0 Å². The molecule has 2 aliphatic carbocycles. The van der Waals surface area contributed by atoms with Crippen molar-refractivity contribution >= 4 is 0 Å². The minimum atomic E-state index is 0. The maximum atomic E-state index is 2.34. The third-order valence-electron chi connectivity index (χ3n) is 3.59. The fourth-order valence-corrected chi connectivity index (χ4v) is 2.51. The molecule has 0 radical (unpaired) electrons. The number of rotatable bonds is 1. The van der Waals surface area contributed by atoms with Gasteiger partial charge in [0.05, 0.1) is 0 Å². The van der Waals surface area contributed by atoms with E-state index in [1.54, 1.807) is 0 Å². The van der Waals surface area contributed by atoms with Gasteiger partial charge in [-0.15, -0.1) is 0 Å². The zero-order chi connectivity index (χ0) is 13.5. The van der Waals surface area contributed by atoms with E-state index in [-0.39, 0.29) is 17.1 Å². The van der Waals surface area contributed by atoms with Crippen LogP contribution in [0.5, 0.6) is 0 Å². The molecule has 0 amide bonds. The normalized spacial score (nSPS) is 17.5. The first kappa shape index (κ1) is 23.6. The molecular weight excluding hydrogens is 260 g/mol. The van der Waals surface area contributed by atoms with E-state index in [0.29, 0.717) is 0 Å². The number of hydrogen-bond donors (Lipinski definition) is 0. The molecule has 2 saturated carbocycles. The molecule has 0 spiro atoms. The third kappa shape index (κ3) is 14.6. The van der Waals surface area contributed by atoms with Crippen LogP contribution in [-0.2, 0) is 17.1 Å². The van der Waals surface area contributed by atoms with Gasteiger partial charge in [0.1, 0.15) is 0 Å². The maximum absolute atomic E-state index is 2.34. The molecule has 0 N–H and O–H groups in total. The zero-order valence-corrected chi connectivity index (χ0v) is 15.0. The van der Waals surface area contributed by atoms with E-state index in [4.69, 9.17) is 0 Å². The van der Waals surface area contributed by atoms with Crippen molar-refractivity contribution in [1.82, 2.24) is 0 Å². The molecule has 1 heteroatoms. The van der Waals surface area contributed by atoms with Gasteiger partial charge in [0.15, 0.2) is 0 Å². The minimum Gasteiger partial charge on any atom is -0.0683 e. The van der Waals surface area contributed by atoms with Gasteiger partial charge in [0.25, 0.3) is 0 Å². The summed E-state index contributed by atoms with van der Waals surface area (Å²) < 4.78 is 0. The molecule has 0 aromatic carbocycles. The van der Waals surface area contributed by atoms with Crippen molar-refractivity contribution in [1.29, 1.82) is 0 Å². The molecule has 0 aromatic heterocycles. The molecule has 114 valence electrons. The third-order valence-corrected chi connectivity index (χ3v) is 3.59. The fraction of sp³-hybridized carbons (Fsp3) is 1.00. The standard InChI is InChI=1S/C8H16.C5H10.2C2H6.Fe/c1-7(2)8-5-3-4-6-8;1-2-4-5-3-1;2*1-2;/h7-8H,3-6H2,1-2H3;1-5H2;2*1-2H3;. The van der Waals surface area contributed by atoms with Crippen molar-refractivity contribution < 1.29 is 17.1 Å². The van der Waals surface area contributed by atoms with Crippen LogP contribution >= 0.6 is 0 Å². The Morgan fingerprint density at radius 2 is 0.889 bits per heavy atom. The zero-order valence-electron chi connectivity index (χ0n) is 13.9. The van der Waals surface area contributed by atoms with Crippen molar-refractivity contribution in [3.05, 3.63) is 0 Å². The first-order chi connectivity index (χ1) is 8.30. The summed E-state index contributed by atoms with van der Waals surface area (Å²) in [4.78, 5) is 0. The van der Waals surface area contributed by atoms with Gasteiger partial charge in [-0.05, 0) is 11.8 Å². The van der Waals surface area contributed by atoms with Gasteiger partial charge < -0.3 is 0 Å². The van der Waals surface area contributed by atoms with Crippen molar-refractivity contribution in [2.24, 2.45) is 11.8 Å². The van der Waals surface area contributed by atoms with Gasteiger partial charge in [-0.2, -0.15) is 0 Å². The minimum absolute atomic E-state index is 0. The molecule has 0 bridgehead atoms. The predicted octanol–water partition coefficient (Wildman–Crippen LogP) is 6.83. The average Bonchev–Trinajstić information content (AvgIpc) is 3.10. The monoisotopic (exact) mass is 298 g/mol. The van der Waals surface area contributed by atoms with Crippen LogP contribution in [0.25, 0.3) is 0 Å². The first-order valence-corrected chi connectivity index (χ1v) is 8.30. The summed E-state index contributed by atoms with van der Waals surface area (Å²) >= 11 is 0. The van der Waals surface area contributed by atoms with Crippen LogP contribution in [0, 0.1) is 11.8 Å². The molecule has 0 aliphatic heterocycles. The summed E-state index contributed by atoms with van der Waals surface area (Å²) in [6, 6.07) is 0. The summed E-state index contributed by atoms with van der Waals surface area (Å²) in [6.45, 7) is 12.7. The van der Waals surface area contributed by atoms with Crippen LogP contribution in [0.15, 0.2) is 0 Å². The van der Waals surface area contributed by atoms with Gasteiger partial charge in [-0.25, -0.2) is 0 Å². The molecule has 2 fully saturated rings. The second-order valence-corrected chi connectivity index (χ2v) is 5.06. The Balaban J connectivity index is -0.000000196. The van der Waals surface area contributed by atoms with Crippen LogP contribution in [-0.4, -0.2) is 0 Å². The van der Waals surface area contributed by atoms with Crippen LogP contribution in [0.2, 0.25) is 0 Å². The van der Waals surface area contributed by atoms with Crippen LogP contribution in [0.1, 0.15) is 99.3 Å². The molecule has 18 heavy (non-hydrogen) atoms. The summed E-state index contributed by atoms with van der Waals surface area (Å²) in [6.07, 6.45) is 13.5. The topological polar surface area (TPSA) is 0 Å². The quantitative estimate of drug-likeness (QED) is 0.465. The van der Waals surface area contributed by atoms with E-state index in [2.05, 4.69) is 13.8 Å². The van der Waals surface area contributed by atoms with E-state index in [1.165, 1.54) is 57.8 Å². The molecular formula is C17H38Fe. The van der Waals surface area contributed by atoms with Gasteiger partial charge in [0.2, 0.25) is 0 Å². The SMILES string of the molecule is C1CCCC1.CC.CC.CC(C)C1CCCC1.[Fe]. The summed E-state index contributed by atoms with van der Waals surface area (Å²) in [5, 5.41) is 0. The molecule has 0 heterocycles. The summed E-state index contributed by atoms with van der Waals surface area (Å²) in [5.74, 6) is 2.01. The number of hydrogen-bond acceptors (Lipinski definition) is 0. The Morgan fingerprint density at radius 1 is 0.611 bits per heavy atom. The molecule has 2 aliphatic rings. The first-order valence-electron chi connectivity index (χ1n) is 8.30. The molecule has 0 atom stereocenters.